The molecule has 0 aliphatic rings. The third-order valence-electron chi connectivity index (χ3n) is 2.36. The number of halogens is 1. The zero-order valence-electron chi connectivity index (χ0n) is 9.37. The molecule has 0 saturated carbocycles. The van der Waals surface area contributed by atoms with Crippen LogP contribution in [0.5, 0.6) is 5.75 Å². The van der Waals surface area contributed by atoms with Crippen molar-refractivity contribution in [3.8, 4) is 5.75 Å². The van der Waals surface area contributed by atoms with Gasteiger partial charge in [0.15, 0.2) is 11.6 Å². The molecule has 1 aromatic carbocycles. The van der Waals surface area contributed by atoms with Gasteiger partial charge >= 0.3 is 0 Å². The van der Waals surface area contributed by atoms with Gasteiger partial charge in [-0.25, -0.2) is 4.39 Å². The van der Waals surface area contributed by atoms with Crippen molar-refractivity contribution in [1.29, 1.82) is 0 Å². The summed E-state index contributed by atoms with van der Waals surface area (Å²) >= 11 is 0. The highest BCUT2D eigenvalue weighted by Crippen LogP contribution is 2.24. The number of hydrogen-bond donors (Lipinski definition) is 1. The molecule has 16 heavy (non-hydrogen) atoms. The second-order valence-electron chi connectivity index (χ2n) is 3.98. The summed E-state index contributed by atoms with van der Waals surface area (Å²) in [5.74, 6) is -0.351. The van der Waals surface area contributed by atoms with E-state index in [1.165, 1.54) is 20.1 Å². The number of carbonyl (C=O) groups excluding carboxylic acids is 1. The molecule has 0 aromatic heterocycles. The van der Waals surface area contributed by atoms with Gasteiger partial charge in [-0.05, 0) is 18.6 Å². The lowest BCUT2D eigenvalue weighted by atomic mass is 9.93. The molecule has 0 saturated heterocycles. The molecule has 0 aliphatic carbocycles. The molecule has 0 amide bonds. The van der Waals surface area contributed by atoms with Crippen LogP contribution in [0, 0.1) is 5.82 Å². The maximum Gasteiger partial charge on any atom is 0.168 e. The first kappa shape index (κ1) is 12.6. The van der Waals surface area contributed by atoms with Crippen LogP contribution in [-0.4, -0.2) is 24.1 Å². The lowest BCUT2D eigenvalue weighted by molar-refractivity contribution is -0.111. The summed E-state index contributed by atoms with van der Waals surface area (Å²) in [6.07, 6.45) is 0.677. The third kappa shape index (κ3) is 3.03. The minimum atomic E-state index is -1.23. The zero-order chi connectivity index (χ0) is 12.2. The third-order valence-corrected chi connectivity index (χ3v) is 2.36. The molecule has 1 rings (SSSR count). The molecular formula is C12H15FO3. The minimum absolute atomic E-state index is 0.0242. The van der Waals surface area contributed by atoms with E-state index in [-0.39, 0.29) is 18.6 Å². The number of hydrogen-bond acceptors (Lipinski definition) is 3. The highest BCUT2D eigenvalue weighted by atomic mass is 19.1. The molecule has 0 aliphatic heterocycles. The number of methoxy groups -OCH3 is 1. The predicted octanol–water partition coefficient (Wildman–Crippen LogP) is 1.72. The lowest BCUT2D eigenvalue weighted by Gasteiger charge is -2.21. The van der Waals surface area contributed by atoms with Crippen molar-refractivity contribution < 1.29 is 19.0 Å². The minimum Gasteiger partial charge on any atom is -0.494 e. The first-order chi connectivity index (χ1) is 7.50. The Morgan fingerprint density at radius 3 is 2.81 bits per heavy atom. The molecule has 0 heterocycles. The zero-order valence-corrected chi connectivity index (χ0v) is 9.37. The van der Waals surface area contributed by atoms with E-state index in [0.29, 0.717) is 11.8 Å². The maximum absolute atomic E-state index is 13.7. The first-order valence-electron chi connectivity index (χ1n) is 4.97. The van der Waals surface area contributed by atoms with E-state index in [2.05, 4.69) is 0 Å². The van der Waals surface area contributed by atoms with Gasteiger partial charge in [0.25, 0.3) is 0 Å². The van der Waals surface area contributed by atoms with Crippen LogP contribution >= 0.6 is 0 Å². The van der Waals surface area contributed by atoms with Crippen LogP contribution in [0.25, 0.3) is 0 Å². The Kier molecular flexibility index (Phi) is 4.01. The van der Waals surface area contributed by atoms with E-state index in [1.807, 2.05) is 0 Å². The van der Waals surface area contributed by atoms with Crippen LogP contribution in [0.15, 0.2) is 18.2 Å². The maximum atomic E-state index is 13.7. The summed E-state index contributed by atoms with van der Waals surface area (Å²) in [6.45, 7) is 1.50. The number of ether oxygens (including phenoxy) is 1. The highest BCUT2D eigenvalue weighted by molar-refractivity contribution is 5.51. The summed E-state index contributed by atoms with van der Waals surface area (Å²) in [6, 6.07) is 4.72. The van der Waals surface area contributed by atoms with Crippen molar-refractivity contribution in [2.75, 3.05) is 7.11 Å². The van der Waals surface area contributed by atoms with E-state index >= 15 is 0 Å². The number of rotatable bonds is 5. The van der Waals surface area contributed by atoms with Gasteiger partial charge < -0.3 is 14.6 Å². The van der Waals surface area contributed by atoms with Gasteiger partial charge in [-0.3, -0.25) is 0 Å². The molecule has 0 fully saturated rings. The largest absolute Gasteiger partial charge is 0.494 e. The van der Waals surface area contributed by atoms with E-state index in [1.54, 1.807) is 12.1 Å². The molecule has 1 unspecified atom stereocenters. The van der Waals surface area contributed by atoms with Crippen LogP contribution in [0.2, 0.25) is 0 Å². The Labute approximate surface area is 93.9 Å². The molecule has 0 bridgehead atoms. The van der Waals surface area contributed by atoms with E-state index < -0.39 is 11.4 Å². The Morgan fingerprint density at radius 1 is 1.56 bits per heavy atom. The van der Waals surface area contributed by atoms with Crippen LogP contribution in [0.3, 0.4) is 0 Å². The second-order valence-corrected chi connectivity index (χ2v) is 3.98. The Balaban J connectivity index is 2.93. The van der Waals surface area contributed by atoms with Gasteiger partial charge in [0, 0.05) is 12.8 Å². The van der Waals surface area contributed by atoms with E-state index in [0.717, 1.165) is 0 Å². The van der Waals surface area contributed by atoms with Gasteiger partial charge in [0.2, 0.25) is 0 Å². The van der Waals surface area contributed by atoms with Crippen LogP contribution in [0.1, 0.15) is 18.9 Å². The summed E-state index contributed by atoms with van der Waals surface area (Å²) in [5.41, 5.74) is -0.888. The summed E-state index contributed by atoms with van der Waals surface area (Å²) < 4.78 is 18.6. The summed E-state index contributed by atoms with van der Waals surface area (Å²) in [7, 11) is 1.38. The monoisotopic (exact) mass is 226 g/mol. The van der Waals surface area contributed by atoms with E-state index in [4.69, 9.17) is 4.74 Å². The molecule has 0 radical (unpaired) electrons. The van der Waals surface area contributed by atoms with E-state index in [9.17, 15) is 14.3 Å². The average Bonchev–Trinajstić information content (AvgIpc) is 2.21. The van der Waals surface area contributed by atoms with Crippen molar-refractivity contribution in [3.05, 3.63) is 29.6 Å². The number of carbonyl (C=O) groups is 1. The number of aldehydes is 1. The Bertz CT molecular complexity index is 375. The molecule has 88 valence electrons. The highest BCUT2D eigenvalue weighted by Gasteiger charge is 2.23. The molecule has 1 aromatic rings. The standard InChI is InChI=1S/C12H15FO3/c1-12(15,6-7-14)8-9-4-3-5-10(16-2)11(9)13/h3-5,7,15H,6,8H2,1-2H3. The van der Waals surface area contributed by atoms with Crippen LogP contribution in [-0.2, 0) is 11.2 Å². The topological polar surface area (TPSA) is 46.5 Å². The average molecular weight is 226 g/mol. The van der Waals surface area contributed by atoms with Crippen molar-refractivity contribution in [2.24, 2.45) is 0 Å². The molecule has 3 nitrogen and oxygen atoms in total. The van der Waals surface area contributed by atoms with Gasteiger partial charge in [-0.1, -0.05) is 12.1 Å². The van der Waals surface area contributed by atoms with Gasteiger partial charge in [-0.15, -0.1) is 0 Å². The lowest BCUT2D eigenvalue weighted by Crippen LogP contribution is -2.28. The first-order valence-corrected chi connectivity index (χ1v) is 4.97. The van der Waals surface area contributed by atoms with Gasteiger partial charge in [0.1, 0.15) is 6.29 Å². The Morgan fingerprint density at radius 2 is 2.25 bits per heavy atom. The van der Waals surface area contributed by atoms with Crippen molar-refractivity contribution in [3.63, 3.8) is 0 Å². The molecule has 1 atom stereocenters. The Hall–Kier alpha value is -1.42. The number of benzene rings is 1. The SMILES string of the molecule is COc1cccc(CC(C)(O)CC=O)c1F. The second kappa shape index (κ2) is 5.07. The molecule has 1 N–H and O–H groups in total. The fourth-order valence-electron chi connectivity index (χ4n) is 1.51. The number of aliphatic hydroxyl groups is 1. The summed E-state index contributed by atoms with van der Waals surface area (Å²) in [5, 5.41) is 9.82. The van der Waals surface area contributed by atoms with Crippen LogP contribution < -0.4 is 4.74 Å². The quantitative estimate of drug-likeness (QED) is 0.777. The molecule has 4 heteroatoms. The summed E-state index contributed by atoms with van der Waals surface area (Å²) in [4.78, 5) is 10.3. The van der Waals surface area contributed by atoms with Crippen molar-refractivity contribution in [1.82, 2.24) is 0 Å². The fourth-order valence-corrected chi connectivity index (χ4v) is 1.51. The predicted molar refractivity (Wildman–Crippen MR) is 58.0 cm³/mol. The fraction of sp³-hybridized carbons (Fsp3) is 0.417. The van der Waals surface area contributed by atoms with Crippen molar-refractivity contribution >= 4 is 6.29 Å². The molecule has 0 spiro atoms. The van der Waals surface area contributed by atoms with Gasteiger partial charge in [-0.2, -0.15) is 0 Å². The van der Waals surface area contributed by atoms with Crippen LogP contribution in [0.4, 0.5) is 4.39 Å². The van der Waals surface area contributed by atoms with Gasteiger partial charge in [0.05, 0.1) is 12.7 Å². The molecular weight excluding hydrogens is 211 g/mol. The van der Waals surface area contributed by atoms with Crippen molar-refractivity contribution in [2.45, 2.75) is 25.4 Å². The smallest absolute Gasteiger partial charge is 0.168 e. The normalized spacial score (nSPS) is 14.2.